The summed E-state index contributed by atoms with van der Waals surface area (Å²) in [6.45, 7) is 6.85. The maximum absolute atomic E-state index is 12.9. The third kappa shape index (κ3) is 3.42. The maximum atomic E-state index is 12.9. The van der Waals surface area contributed by atoms with Crippen molar-refractivity contribution < 1.29 is 4.79 Å². The Morgan fingerprint density at radius 1 is 1.15 bits per heavy atom. The van der Waals surface area contributed by atoms with E-state index >= 15 is 0 Å². The van der Waals surface area contributed by atoms with E-state index in [0.29, 0.717) is 5.92 Å². The summed E-state index contributed by atoms with van der Waals surface area (Å²) >= 11 is 0. The van der Waals surface area contributed by atoms with Crippen molar-refractivity contribution >= 4 is 5.91 Å². The van der Waals surface area contributed by atoms with Crippen molar-refractivity contribution in [2.75, 3.05) is 13.1 Å². The first-order chi connectivity index (χ1) is 12.6. The largest absolute Gasteiger partial charge is 0.339 e. The van der Waals surface area contributed by atoms with Gasteiger partial charge in [0.1, 0.15) is 5.82 Å². The highest BCUT2D eigenvalue weighted by Gasteiger charge is 2.28. The summed E-state index contributed by atoms with van der Waals surface area (Å²) in [5, 5.41) is 0. The molecule has 0 radical (unpaired) electrons. The quantitative estimate of drug-likeness (QED) is 0.823. The van der Waals surface area contributed by atoms with Crippen LogP contribution in [0.4, 0.5) is 0 Å². The first-order valence-corrected chi connectivity index (χ1v) is 9.99. The van der Waals surface area contributed by atoms with E-state index in [0.717, 1.165) is 55.1 Å². The smallest absolute Gasteiger partial charge is 0.254 e. The van der Waals surface area contributed by atoms with E-state index < -0.39 is 0 Å². The van der Waals surface area contributed by atoms with Crippen LogP contribution in [0.5, 0.6) is 0 Å². The van der Waals surface area contributed by atoms with E-state index in [1.54, 1.807) is 0 Å². The van der Waals surface area contributed by atoms with Gasteiger partial charge in [-0.2, -0.15) is 0 Å². The van der Waals surface area contributed by atoms with Crippen LogP contribution >= 0.6 is 0 Å². The topological polar surface area (TPSA) is 38.1 Å². The van der Waals surface area contributed by atoms with Crippen molar-refractivity contribution in [3.63, 3.8) is 0 Å². The molecule has 0 N–H and O–H groups in total. The van der Waals surface area contributed by atoms with E-state index in [9.17, 15) is 4.79 Å². The summed E-state index contributed by atoms with van der Waals surface area (Å²) in [4.78, 5) is 19.6. The highest BCUT2D eigenvalue weighted by molar-refractivity contribution is 5.95. The zero-order valence-electron chi connectivity index (χ0n) is 15.9. The summed E-state index contributed by atoms with van der Waals surface area (Å²) in [6, 6.07) is 6.14. The molecule has 1 saturated heterocycles. The van der Waals surface area contributed by atoms with E-state index in [4.69, 9.17) is 0 Å². The number of rotatable bonds is 4. The van der Waals surface area contributed by atoms with Crippen LogP contribution in [-0.2, 0) is 6.54 Å². The summed E-state index contributed by atoms with van der Waals surface area (Å²) in [5.41, 5.74) is 3.07. The van der Waals surface area contributed by atoms with Crippen LogP contribution in [0, 0.1) is 19.8 Å². The fraction of sp³-hybridized carbons (Fsp3) is 0.545. The number of nitrogens with zero attached hydrogens (tertiary/aromatic N) is 3. The Labute approximate surface area is 156 Å². The predicted octanol–water partition coefficient (Wildman–Crippen LogP) is 4.32. The van der Waals surface area contributed by atoms with Gasteiger partial charge in [-0.15, -0.1) is 0 Å². The molecule has 4 nitrogen and oxygen atoms in total. The monoisotopic (exact) mass is 351 g/mol. The first kappa shape index (κ1) is 17.3. The Morgan fingerprint density at radius 3 is 2.62 bits per heavy atom. The molecule has 1 aliphatic heterocycles. The van der Waals surface area contributed by atoms with Crippen molar-refractivity contribution in [1.29, 1.82) is 0 Å². The van der Waals surface area contributed by atoms with Gasteiger partial charge in [-0.05, 0) is 57.1 Å². The van der Waals surface area contributed by atoms with Gasteiger partial charge >= 0.3 is 0 Å². The van der Waals surface area contributed by atoms with Gasteiger partial charge in [-0.1, -0.05) is 24.1 Å². The minimum Gasteiger partial charge on any atom is -0.339 e. The van der Waals surface area contributed by atoms with Crippen LogP contribution in [0.1, 0.15) is 65.3 Å². The molecule has 0 bridgehead atoms. The molecule has 26 heavy (non-hydrogen) atoms. The lowest BCUT2D eigenvalue weighted by atomic mass is 9.85. The molecule has 1 aromatic carbocycles. The van der Waals surface area contributed by atoms with Crippen LogP contribution in [0.15, 0.2) is 30.6 Å². The van der Waals surface area contributed by atoms with Crippen LogP contribution in [-0.4, -0.2) is 33.4 Å². The Hall–Kier alpha value is -2.10. The Bertz CT molecular complexity index is 782. The van der Waals surface area contributed by atoms with Gasteiger partial charge in [0.25, 0.3) is 5.91 Å². The highest BCUT2D eigenvalue weighted by atomic mass is 16.2. The van der Waals surface area contributed by atoms with E-state index in [1.807, 2.05) is 37.1 Å². The van der Waals surface area contributed by atoms with Crippen molar-refractivity contribution in [2.45, 2.75) is 58.4 Å². The lowest BCUT2D eigenvalue weighted by molar-refractivity contribution is 0.0709. The molecule has 138 valence electrons. The molecule has 2 fully saturated rings. The number of aryl methyl sites for hydroxylation is 2. The number of benzene rings is 1. The van der Waals surface area contributed by atoms with Gasteiger partial charge in [0.15, 0.2) is 0 Å². The molecule has 0 atom stereocenters. The number of carbonyl (C=O) groups is 1. The highest BCUT2D eigenvalue weighted by Crippen LogP contribution is 2.32. The summed E-state index contributed by atoms with van der Waals surface area (Å²) in [7, 11) is 0. The molecule has 1 aromatic heterocycles. The van der Waals surface area contributed by atoms with Crippen LogP contribution in [0.3, 0.4) is 0 Å². The van der Waals surface area contributed by atoms with Crippen LogP contribution in [0.25, 0.3) is 0 Å². The minimum absolute atomic E-state index is 0.183. The molecule has 1 aliphatic carbocycles. The number of likely N-dealkylation sites (tertiary alicyclic amines) is 1. The zero-order valence-corrected chi connectivity index (χ0v) is 15.9. The average molecular weight is 351 g/mol. The molecule has 0 unspecified atom stereocenters. The molecule has 4 rings (SSSR count). The van der Waals surface area contributed by atoms with Gasteiger partial charge in [-0.25, -0.2) is 4.98 Å². The molecule has 2 aromatic rings. The number of hydrogen-bond acceptors (Lipinski definition) is 2. The lowest BCUT2D eigenvalue weighted by Crippen LogP contribution is -2.38. The van der Waals surface area contributed by atoms with Crippen molar-refractivity contribution in [3.05, 3.63) is 53.1 Å². The zero-order chi connectivity index (χ0) is 18.1. The fourth-order valence-corrected chi connectivity index (χ4v) is 4.27. The van der Waals surface area contributed by atoms with Gasteiger partial charge in [0, 0.05) is 43.5 Å². The average Bonchev–Trinajstić information content (AvgIpc) is 3.08. The number of aromatic nitrogens is 2. The summed E-state index contributed by atoms with van der Waals surface area (Å²) in [6.07, 6.45) is 10.2. The van der Waals surface area contributed by atoms with Gasteiger partial charge in [0.05, 0.1) is 0 Å². The normalized spacial score (nSPS) is 18.8. The molecule has 2 aliphatic rings. The Balaban J connectivity index is 1.40. The predicted molar refractivity (Wildman–Crippen MR) is 103 cm³/mol. The molecule has 1 amide bonds. The van der Waals surface area contributed by atoms with Crippen LogP contribution < -0.4 is 0 Å². The van der Waals surface area contributed by atoms with Gasteiger partial charge in [-0.3, -0.25) is 4.79 Å². The van der Waals surface area contributed by atoms with E-state index in [2.05, 4.69) is 21.8 Å². The fourth-order valence-electron chi connectivity index (χ4n) is 4.27. The third-order valence-electron chi connectivity index (χ3n) is 6.20. The number of hydrogen-bond donors (Lipinski definition) is 0. The first-order valence-electron chi connectivity index (χ1n) is 9.99. The SMILES string of the molecule is Cc1ccc(C)c(C(=O)N2CCC(c3nccn3CC3CCC3)CC2)c1. The standard InChI is InChI=1S/C22H29N3O/c1-16-6-7-17(2)20(14-16)22(26)24-11-8-19(9-12-24)21-23-10-13-25(21)15-18-4-3-5-18/h6-7,10,13-14,18-19H,3-5,8-9,11-12,15H2,1-2H3. The lowest BCUT2D eigenvalue weighted by Gasteiger charge is -2.33. The number of imidazole rings is 1. The van der Waals surface area contributed by atoms with Crippen molar-refractivity contribution in [3.8, 4) is 0 Å². The Morgan fingerprint density at radius 2 is 1.92 bits per heavy atom. The molecular weight excluding hydrogens is 322 g/mol. The van der Waals surface area contributed by atoms with Crippen molar-refractivity contribution in [1.82, 2.24) is 14.5 Å². The second-order valence-electron chi connectivity index (χ2n) is 8.12. The van der Waals surface area contributed by atoms with Crippen molar-refractivity contribution in [2.24, 2.45) is 5.92 Å². The maximum Gasteiger partial charge on any atom is 0.254 e. The summed E-state index contributed by atoms with van der Waals surface area (Å²) in [5.74, 6) is 2.74. The van der Waals surface area contributed by atoms with Gasteiger partial charge in [0.2, 0.25) is 0 Å². The number of carbonyl (C=O) groups excluding carboxylic acids is 1. The number of amides is 1. The summed E-state index contributed by atoms with van der Waals surface area (Å²) < 4.78 is 2.37. The van der Waals surface area contributed by atoms with E-state index in [-0.39, 0.29) is 5.91 Å². The second-order valence-corrected chi connectivity index (χ2v) is 8.12. The molecule has 2 heterocycles. The van der Waals surface area contributed by atoms with Crippen LogP contribution in [0.2, 0.25) is 0 Å². The molecular formula is C22H29N3O. The third-order valence-corrected chi connectivity index (χ3v) is 6.20. The molecule has 1 saturated carbocycles. The number of piperidine rings is 1. The minimum atomic E-state index is 0.183. The van der Waals surface area contributed by atoms with Gasteiger partial charge < -0.3 is 9.47 Å². The second kappa shape index (κ2) is 7.26. The molecule has 0 spiro atoms. The Kier molecular flexibility index (Phi) is 4.84. The van der Waals surface area contributed by atoms with E-state index in [1.165, 1.54) is 25.1 Å². The molecule has 4 heteroatoms.